The van der Waals surface area contributed by atoms with Gasteiger partial charge in [0.25, 0.3) is 0 Å². The highest BCUT2D eigenvalue weighted by Crippen LogP contribution is 2.34. The number of nitrogens with zero attached hydrogens (tertiary/aromatic N) is 1. The number of rotatable bonds is 3. The molecule has 2 rings (SSSR count). The van der Waals surface area contributed by atoms with E-state index in [1.165, 1.54) is 64.2 Å². The van der Waals surface area contributed by atoms with Crippen LogP contribution in [0.1, 0.15) is 64.2 Å². The molecule has 1 atom stereocenters. The summed E-state index contributed by atoms with van der Waals surface area (Å²) in [6.07, 6.45) is 13.9. The maximum absolute atomic E-state index is 5.24. The van der Waals surface area contributed by atoms with E-state index < -0.39 is 7.22 Å². The first-order chi connectivity index (χ1) is 9.04. The van der Waals surface area contributed by atoms with E-state index in [-0.39, 0.29) is 0 Å². The molecule has 0 heterocycles. The SMILES string of the molecule is C[Si](C)(C)SC1CCCC/C1=N\C1CCCCCC1. The van der Waals surface area contributed by atoms with Gasteiger partial charge in [0, 0.05) is 17.0 Å². The van der Waals surface area contributed by atoms with Crippen molar-refractivity contribution in [3.05, 3.63) is 0 Å². The molecule has 0 aliphatic heterocycles. The van der Waals surface area contributed by atoms with Gasteiger partial charge in [-0.2, -0.15) is 11.2 Å². The van der Waals surface area contributed by atoms with Crippen molar-refractivity contribution in [1.82, 2.24) is 0 Å². The Bertz CT molecular complexity index is 300. The average Bonchev–Trinajstić information content (AvgIpc) is 2.58. The highest BCUT2D eigenvalue weighted by atomic mass is 32.4. The van der Waals surface area contributed by atoms with Crippen molar-refractivity contribution in [3.63, 3.8) is 0 Å². The minimum atomic E-state index is -1.03. The summed E-state index contributed by atoms with van der Waals surface area (Å²) < 4.78 is 0. The molecule has 1 unspecified atom stereocenters. The van der Waals surface area contributed by atoms with Gasteiger partial charge >= 0.3 is 0 Å². The van der Waals surface area contributed by atoms with Crippen molar-refractivity contribution in [2.75, 3.05) is 0 Å². The van der Waals surface area contributed by atoms with Gasteiger partial charge in [-0.1, -0.05) is 51.7 Å². The zero-order chi connectivity index (χ0) is 13.7. The fraction of sp³-hybridized carbons (Fsp3) is 0.938. The van der Waals surface area contributed by atoms with Crippen molar-refractivity contribution >= 4 is 24.1 Å². The third-order valence-electron chi connectivity index (χ3n) is 4.19. The van der Waals surface area contributed by atoms with E-state index in [1.54, 1.807) is 5.71 Å². The summed E-state index contributed by atoms with van der Waals surface area (Å²) in [5.41, 5.74) is 1.59. The second-order valence-corrected chi connectivity index (χ2v) is 16.6. The Balaban J connectivity index is 2.00. The van der Waals surface area contributed by atoms with Gasteiger partial charge in [0.2, 0.25) is 0 Å². The van der Waals surface area contributed by atoms with Crippen LogP contribution < -0.4 is 0 Å². The van der Waals surface area contributed by atoms with Crippen LogP contribution in [0.2, 0.25) is 19.6 Å². The molecule has 0 amide bonds. The van der Waals surface area contributed by atoms with E-state index in [1.807, 2.05) is 0 Å². The Morgan fingerprint density at radius 3 is 2.16 bits per heavy atom. The summed E-state index contributed by atoms with van der Waals surface area (Å²) in [5.74, 6) is 0. The molecule has 0 N–H and O–H groups in total. The van der Waals surface area contributed by atoms with Crippen LogP contribution in [-0.2, 0) is 0 Å². The van der Waals surface area contributed by atoms with Crippen LogP contribution >= 0.6 is 11.2 Å². The molecule has 110 valence electrons. The molecule has 0 radical (unpaired) electrons. The fourth-order valence-electron chi connectivity index (χ4n) is 3.29. The van der Waals surface area contributed by atoms with Crippen LogP contribution in [-0.4, -0.2) is 24.2 Å². The van der Waals surface area contributed by atoms with Gasteiger partial charge in [0.05, 0.1) is 0 Å². The fourth-order valence-corrected chi connectivity index (χ4v) is 8.06. The lowest BCUT2D eigenvalue weighted by molar-refractivity contribution is 0.574. The maximum atomic E-state index is 5.24. The van der Waals surface area contributed by atoms with Crippen molar-refractivity contribution in [1.29, 1.82) is 0 Å². The third kappa shape index (κ3) is 5.62. The molecule has 3 heteroatoms. The highest BCUT2D eigenvalue weighted by Gasteiger charge is 2.27. The van der Waals surface area contributed by atoms with Crippen molar-refractivity contribution in [3.8, 4) is 0 Å². The summed E-state index contributed by atoms with van der Waals surface area (Å²) in [5, 5.41) is 0.767. The summed E-state index contributed by atoms with van der Waals surface area (Å²) in [4.78, 5) is 5.24. The van der Waals surface area contributed by atoms with Crippen LogP contribution in [0.25, 0.3) is 0 Å². The first-order valence-corrected chi connectivity index (χ1v) is 13.4. The minimum Gasteiger partial charge on any atom is -0.290 e. The van der Waals surface area contributed by atoms with E-state index in [2.05, 4.69) is 30.9 Å². The van der Waals surface area contributed by atoms with Crippen molar-refractivity contribution in [2.24, 2.45) is 4.99 Å². The molecule has 0 saturated heterocycles. The molecule has 2 aliphatic rings. The van der Waals surface area contributed by atoms with E-state index in [9.17, 15) is 0 Å². The second-order valence-electron chi connectivity index (χ2n) is 7.23. The molecule has 2 saturated carbocycles. The van der Waals surface area contributed by atoms with Crippen LogP contribution in [0.4, 0.5) is 0 Å². The van der Waals surface area contributed by atoms with Crippen molar-refractivity contribution < 1.29 is 0 Å². The lowest BCUT2D eigenvalue weighted by Crippen LogP contribution is -2.30. The molecule has 0 bridgehead atoms. The standard InChI is InChI=1S/C16H31NSSi/c1-19(2,3)18-16-13-9-8-12-15(16)17-14-10-6-4-5-7-11-14/h14,16H,4-13H2,1-3H3/b17-15+. The Hall–Kier alpha value is 0.237. The Labute approximate surface area is 124 Å². The van der Waals surface area contributed by atoms with Gasteiger partial charge in [-0.05, 0) is 32.1 Å². The molecule has 0 aromatic carbocycles. The minimum absolute atomic E-state index is 0.667. The summed E-state index contributed by atoms with van der Waals surface area (Å²) in [7, 11) is -1.03. The monoisotopic (exact) mass is 297 g/mol. The quantitative estimate of drug-likeness (QED) is 0.483. The van der Waals surface area contributed by atoms with Crippen LogP contribution in [0.5, 0.6) is 0 Å². The largest absolute Gasteiger partial charge is 0.290 e. The average molecular weight is 298 g/mol. The lowest BCUT2D eigenvalue weighted by atomic mass is 9.97. The molecule has 2 aliphatic carbocycles. The normalized spacial score (nSPS) is 29.4. The summed E-state index contributed by atoms with van der Waals surface area (Å²) >= 11 is 2.29. The topological polar surface area (TPSA) is 12.4 Å². The Morgan fingerprint density at radius 1 is 0.895 bits per heavy atom. The molecule has 2 fully saturated rings. The van der Waals surface area contributed by atoms with Gasteiger partial charge in [0.15, 0.2) is 0 Å². The van der Waals surface area contributed by atoms with Gasteiger partial charge in [-0.3, -0.25) is 4.99 Å². The number of hydrogen-bond donors (Lipinski definition) is 0. The van der Waals surface area contributed by atoms with Crippen LogP contribution in [0, 0.1) is 0 Å². The van der Waals surface area contributed by atoms with E-state index in [4.69, 9.17) is 4.99 Å². The molecular weight excluding hydrogens is 266 g/mol. The van der Waals surface area contributed by atoms with Gasteiger partial charge < -0.3 is 0 Å². The molecule has 0 aromatic rings. The molecular formula is C16H31NSSi. The maximum Gasteiger partial charge on any atom is 0.109 e. The smallest absolute Gasteiger partial charge is 0.109 e. The second kappa shape index (κ2) is 7.30. The third-order valence-corrected chi connectivity index (χ3v) is 8.66. The number of aliphatic imine (C=N–C) groups is 1. The summed E-state index contributed by atoms with van der Waals surface area (Å²) in [6, 6.07) is 0.667. The zero-order valence-electron chi connectivity index (χ0n) is 13.1. The van der Waals surface area contributed by atoms with Crippen molar-refractivity contribution in [2.45, 2.75) is 95.1 Å². The van der Waals surface area contributed by atoms with E-state index in [0.717, 1.165) is 5.25 Å². The molecule has 19 heavy (non-hydrogen) atoms. The van der Waals surface area contributed by atoms with Crippen LogP contribution in [0.15, 0.2) is 4.99 Å². The predicted octanol–water partition coefficient (Wildman–Crippen LogP) is 5.66. The highest BCUT2D eigenvalue weighted by molar-refractivity contribution is 8.29. The van der Waals surface area contributed by atoms with Gasteiger partial charge in [-0.25, -0.2) is 0 Å². The predicted molar refractivity (Wildman–Crippen MR) is 92.1 cm³/mol. The van der Waals surface area contributed by atoms with E-state index in [0.29, 0.717) is 6.04 Å². The van der Waals surface area contributed by atoms with E-state index >= 15 is 0 Å². The zero-order valence-corrected chi connectivity index (χ0v) is 14.9. The number of hydrogen-bond acceptors (Lipinski definition) is 2. The summed E-state index contributed by atoms with van der Waals surface area (Å²) in [6.45, 7) is 7.45. The molecule has 0 spiro atoms. The van der Waals surface area contributed by atoms with Gasteiger partial charge in [-0.15, -0.1) is 0 Å². The molecule has 1 nitrogen and oxygen atoms in total. The first kappa shape index (κ1) is 15.6. The first-order valence-electron chi connectivity index (χ1n) is 8.29. The van der Waals surface area contributed by atoms with Crippen LogP contribution in [0.3, 0.4) is 0 Å². The Morgan fingerprint density at radius 2 is 1.53 bits per heavy atom. The Kier molecular flexibility index (Phi) is 6.01. The lowest BCUT2D eigenvalue weighted by Gasteiger charge is -2.30. The van der Waals surface area contributed by atoms with Gasteiger partial charge in [0.1, 0.15) is 7.22 Å². The molecule has 0 aromatic heterocycles.